The fraction of sp³-hybridized carbons (Fsp3) is 0.800. The zero-order chi connectivity index (χ0) is 6.91. The summed E-state index contributed by atoms with van der Waals surface area (Å²) in [6, 6.07) is 0. The molecular weight excluding hydrogens is 142 g/mol. The van der Waals surface area contributed by atoms with E-state index in [-0.39, 0.29) is 5.97 Å². The number of carbonyl (C=O) groups is 1. The van der Waals surface area contributed by atoms with Crippen molar-refractivity contribution in [2.45, 2.75) is 4.87 Å². The number of esters is 1. The van der Waals surface area contributed by atoms with E-state index >= 15 is 0 Å². The predicted octanol–water partition coefficient (Wildman–Crippen LogP) is -0.260. The molecule has 0 atom stereocenters. The lowest BCUT2D eigenvalue weighted by molar-refractivity contribution is -0.145. The Bertz CT molecular complexity index is 133. The molecule has 1 fully saturated rings. The lowest BCUT2D eigenvalue weighted by atomic mass is 10.0. The van der Waals surface area contributed by atoms with Crippen LogP contribution in [0.2, 0.25) is 0 Å². The molecule has 0 bridgehead atoms. The van der Waals surface area contributed by atoms with Gasteiger partial charge in [0.05, 0.1) is 7.11 Å². The fourth-order valence-electron chi connectivity index (χ4n) is 0.672. The molecule has 0 aromatic rings. The van der Waals surface area contributed by atoms with Gasteiger partial charge in [-0.3, -0.25) is 4.79 Å². The quantitative estimate of drug-likeness (QED) is 0.413. The summed E-state index contributed by atoms with van der Waals surface area (Å²) in [5.74, 6) is -0.345. The van der Waals surface area contributed by atoms with Gasteiger partial charge in [0, 0.05) is 13.1 Å². The van der Waals surface area contributed by atoms with Gasteiger partial charge >= 0.3 is 5.97 Å². The summed E-state index contributed by atoms with van der Waals surface area (Å²) in [4.78, 5) is 9.95. The zero-order valence-electron chi connectivity index (χ0n) is 5.11. The first-order valence-electron chi connectivity index (χ1n) is 2.67. The highest BCUT2D eigenvalue weighted by Gasteiger charge is 2.43. The minimum atomic E-state index is -0.769. The molecule has 1 saturated heterocycles. The van der Waals surface area contributed by atoms with Crippen LogP contribution in [-0.4, -0.2) is 31.0 Å². The minimum absolute atomic E-state index is 0.345. The highest BCUT2D eigenvalue weighted by atomic mass is 35.5. The normalized spacial score (nSPS) is 22.4. The van der Waals surface area contributed by atoms with Gasteiger partial charge in [0.1, 0.15) is 0 Å². The largest absolute Gasteiger partial charge is 0.468 e. The van der Waals surface area contributed by atoms with Gasteiger partial charge in [-0.05, 0) is 0 Å². The second-order valence-corrected chi connectivity index (χ2v) is 2.78. The molecule has 0 aliphatic carbocycles. The smallest absolute Gasteiger partial charge is 0.329 e. The van der Waals surface area contributed by atoms with Crippen molar-refractivity contribution in [1.29, 1.82) is 0 Å². The van der Waals surface area contributed by atoms with Crippen molar-refractivity contribution in [2.75, 3.05) is 20.2 Å². The number of nitrogens with one attached hydrogen (secondary N) is 1. The second-order valence-electron chi connectivity index (χ2n) is 2.06. The van der Waals surface area contributed by atoms with Crippen molar-refractivity contribution in [3.63, 3.8) is 0 Å². The summed E-state index contributed by atoms with van der Waals surface area (Å²) in [7, 11) is 1.34. The zero-order valence-corrected chi connectivity index (χ0v) is 5.86. The Morgan fingerprint density at radius 1 is 1.78 bits per heavy atom. The number of rotatable bonds is 1. The maximum absolute atomic E-state index is 10.7. The summed E-state index contributed by atoms with van der Waals surface area (Å²) in [6.45, 7) is 1.03. The van der Waals surface area contributed by atoms with Crippen molar-refractivity contribution in [1.82, 2.24) is 5.32 Å². The van der Waals surface area contributed by atoms with Crippen LogP contribution < -0.4 is 5.32 Å². The first-order valence-corrected chi connectivity index (χ1v) is 3.05. The van der Waals surface area contributed by atoms with Crippen molar-refractivity contribution in [2.24, 2.45) is 0 Å². The maximum atomic E-state index is 10.7. The minimum Gasteiger partial charge on any atom is -0.468 e. The number of halogens is 1. The molecule has 0 aromatic heterocycles. The molecule has 52 valence electrons. The Balaban J connectivity index is 2.49. The second kappa shape index (κ2) is 2.15. The third-order valence-corrected chi connectivity index (χ3v) is 1.78. The molecule has 1 heterocycles. The molecule has 0 aromatic carbocycles. The van der Waals surface area contributed by atoms with Crippen LogP contribution in [0.1, 0.15) is 0 Å². The van der Waals surface area contributed by atoms with Crippen molar-refractivity contribution >= 4 is 17.6 Å². The molecule has 1 aliphatic rings. The topological polar surface area (TPSA) is 38.3 Å². The van der Waals surface area contributed by atoms with Crippen molar-refractivity contribution in [3.05, 3.63) is 0 Å². The van der Waals surface area contributed by atoms with Crippen LogP contribution in [-0.2, 0) is 9.53 Å². The molecule has 1 aliphatic heterocycles. The van der Waals surface area contributed by atoms with Gasteiger partial charge in [-0.2, -0.15) is 0 Å². The van der Waals surface area contributed by atoms with E-state index in [1.54, 1.807) is 0 Å². The molecule has 0 unspecified atom stereocenters. The predicted molar refractivity (Wildman–Crippen MR) is 33.5 cm³/mol. The summed E-state index contributed by atoms with van der Waals surface area (Å²) in [6.07, 6.45) is 0. The van der Waals surface area contributed by atoms with Gasteiger partial charge in [0.25, 0.3) is 0 Å². The first kappa shape index (κ1) is 6.83. The van der Waals surface area contributed by atoms with E-state index in [4.69, 9.17) is 11.6 Å². The average Bonchev–Trinajstić information content (AvgIpc) is 1.81. The molecule has 9 heavy (non-hydrogen) atoms. The molecule has 0 amide bonds. The molecule has 1 N–H and O–H groups in total. The lowest BCUT2D eigenvalue weighted by Crippen LogP contribution is -2.60. The summed E-state index contributed by atoms with van der Waals surface area (Å²) in [5.41, 5.74) is 0. The van der Waals surface area contributed by atoms with E-state index in [1.807, 2.05) is 0 Å². The maximum Gasteiger partial charge on any atom is 0.329 e. The summed E-state index contributed by atoms with van der Waals surface area (Å²) >= 11 is 5.72. The highest BCUT2D eigenvalue weighted by molar-refractivity contribution is 6.35. The molecule has 1 rings (SSSR count). The van der Waals surface area contributed by atoms with Gasteiger partial charge in [0.15, 0.2) is 4.87 Å². The van der Waals surface area contributed by atoms with Crippen LogP contribution in [0.5, 0.6) is 0 Å². The van der Waals surface area contributed by atoms with Crippen LogP contribution in [0.15, 0.2) is 0 Å². The van der Waals surface area contributed by atoms with Crippen LogP contribution in [0, 0.1) is 0 Å². The molecule has 0 radical (unpaired) electrons. The summed E-state index contributed by atoms with van der Waals surface area (Å²) < 4.78 is 4.45. The number of hydrogen-bond acceptors (Lipinski definition) is 3. The van der Waals surface area contributed by atoms with Gasteiger partial charge in [0.2, 0.25) is 0 Å². The average molecular weight is 150 g/mol. The third kappa shape index (κ3) is 1.02. The van der Waals surface area contributed by atoms with Gasteiger partial charge in [-0.25, -0.2) is 0 Å². The van der Waals surface area contributed by atoms with Crippen LogP contribution in [0.4, 0.5) is 0 Å². The van der Waals surface area contributed by atoms with Crippen LogP contribution in [0.3, 0.4) is 0 Å². The summed E-state index contributed by atoms with van der Waals surface area (Å²) in [5, 5.41) is 2.88. The van der Waals surface area contributed by atoms with Crippen LogP contribution >= 0.6 is 11.6 Å². The number of ether oxygens (including phenoxy) is 1. The number of carbonyl (C=O) groups excluding carboxylic acids is 1. The molecule has 3 nitrogen and oxygen atoms in total. The molecule has 0 spiro atoms. The Hall–Kier alpha value is -0.280. The highest BCUT2D eigenvalue weighted by Crippen LogP contribution is 2.20. The van der Waals surface area contributed by atoms with E-state index in [9.17, 15) is 4.79 Å². The van der Waals surface area contributed by atoms with Gasteiger partial charge < -0.3 is 10.1 Å². The monoisotopic (exact) mass is 149 g/mol. The number of methoxy groups -OCH3 is 1. The Morgan fingerprint density at radius 3 is 2.44 bits per heavy atom. The van der Waals surface area contributed by atoms with E-state index in [2.05, 4.69) is 10.1 Å². The van der Waals surface area contributed by atoms with E-state index in [1.165, 1.54) is 7.11 Å². The first-order chi connectivity index (χ1) is 4.19. The fourth-order valence-corrected chi connectivity index (χ4v) is 0.938. The lowest BCUT2D eigenvalue weighted by Gasteiger charge is -2.33. The van der Waals surface area contributed by atoms with Crippen molar-refractivity contribution < 1.29 is 9.53 Å². The SMILES string of the molecule is COC(=O)C1(Cl)CNC1. The number of alkyl halides is 1. The Kier molecular flexibility index (Phi) is 1.64. The Morgan fingerprint density at radius 2 is 2.33 bits per heavy atom. The standard InChI is InChI=1S/C5H8ClNO2/c1-9-4(8)5(6)2-7-3-5/h7H,2-3H2,1H3. The molecule has 4 heteroatoms. The van der Waals surface area contributed by atoms with E-state index < -0.39 is 4.87 Å². The Labute approximate surface area is 58.3 Å². The number of hydrogen-bond donors (Lipinski definition) is 1. The van der Waals surface area contributed by atoms with Crippen molar-refractivity contribution in [3.8, 4) is 0 Å². The van der Waals surface area contributed by atoms with E-state index in [0.29, 0.717) is 13.1 Å². The molecule has 0 saturated carbocycles. The molecular formula is C5H8ClNO2. The third-order valence-electron chi connectivity index (χ3n) is 1.36. The van der Waals surface area contributed by atoms with Gasteiger partial charge in [-0.1, -0.05) is 0 Å². The van der Waals surface area contributed by atoms with E-state index in [0.717, 1.165) is 0 Å². The van der Waals surface area contributed by atoms with Crippen LogP contribution in [0.25, 0.3) is 0 Å². The van der Waals surface area contributed by atoms with Gasteiger partial charge in [-0.15, -0.1) is 11.6 Å².